The molecule has 2 amide bonds. The Morgan fingerprint density at radius 3 is 1.70 bits per heavy atom. The first-order valence-electron chi connectivity index (χ1n) is 8.89. The Morgan fingerprint density at radius 1 is 0.818 bits per heavy atom. The molecule has 3 aromatic rings. The number of anilines is 2. The summed E-state index contributed by atoms with van der Waals surface area (Å²) in [7, 11) is 0. The van der Waals surface area contributed by atoms with Gasteiger partial charge in [-0.05, 0) is 54.0 Å². The normalized spacial score (nSPS) is 11.6. The Labute approximate surface area is 186 Å². The second-order valence-corrected chi connectivity index (χ2v) is 7.06. The van der Waals surface area contributed by atoms with E-state index in [-0.39, 0.29) is 17.1 Å². The van der Waals surface area contributed by atoms with Crippen molar-refractivity contribution in [2.24, 2.45) is 0 Å². The van der Waals surface area contributed by atoms with Gasteiger partial charge in [-0.15, -0.1) is 5.10 Å². The molecule has 13 heteroatoms. The highest BCUT2D eigenvalue weighted by molar-refractivity contribution is 7.03. The van der Waals surface area contributed by atoms with Gasteiger partial charge < -0.3 is 10.6 Å². The minimum absolute atomic E-state index is 0.0911. The lowest BCUT2D eigenvalue weighted by atomic mass is 10.1. The van der Waals surface area contributed by atoms with Crippen molar-refractivity contribution >= 4 is 40.8 Å². The molecule has 0 unspecified atom stereocenters. The van der Waals surface area contributed by atoms with Crippen LogP contribution < -0.4 is 10.6 Å². The minimum atomic E-state index is -4.66. The molecule has 33 heavy (non-hydrogen) atoms. The van der Waals surface area contributed by atoms with Crippen LogP contribution in [-0.4, -0.2) is 21.4 Å². The van der Waals surface area contributed by atoms with Crippen LogP contribution in [-0.2, 0) is 21.9 Å². The third-order valence-corrected chi connectivity index (χ3v) is 4.58. The van der Waals surface area contributed by atoms with E-state index in [9.17, 15) is 35.9 Å². The largest absolute Gasteiger partial charge is 0.416 e. The predicted octanol–water partition coefficient (Wildman–Crippen LogP) is 5.24. The van der Waals surface area contributed by atoms with Gasteiger partial charge in [-0.25, -0.2) is 0 Å². The van der Waals surface area contributed by atoms with Crippen LogP contribution in [0.4, 0.5) is 37.7 Å². The van der Waals surface area contributed by atoms with Gasteiger partial charge >= 0.3 is 12.4 Å². The van der Waals surface area contributed by atoms with Crippen molar-refractivity contribution in [2.75, 3.05) is 10.6 Å². The molecule has 0 saturated carbocycles. The third-order valence-electron chi connectivity index (χ3n) is 4.05. The molecular formula is C20H12F6N4O2S. The van der Waals surface area contributed by atoms with Crippen LogP contribution in [0.15, 0.2) is 59.5 Å². The number of aromatic nitrogens is 2. The van der Waals surface area contributed by atoms with Crippen molar-refractivity contribution < 1.29 is 35.9 Å². The first-order chi connectivity index (χ1) is 15.4. The Kier molecular flexibility index (Phi) is 6.81. The van der Waals surface area contributed by atoms with Crippen LogP contribution >= 0.6 is 11.5 Å². The Hall–Kier alpha value is -3.74. The molecule has 0 bridgehead atoms. The summed E-state index contributed by atoms with van der Waals surface area (Å²) in [6.07, 6.45) is -8.31. The number of hydrogen-bond acceptors (Lipinski definition) is 5. The topological polar surface area (TPSA) is 84.0 Å². The van der Waals surface area contributed by atoms with E-state index in [0.717, 1.165) is 41.9 Å². The number of carbonyl (C=O) groups excluding carboxylic acids is 2. The molecule has 2 N–H and O–H groups in total. The number of halogens is 6. The van der Waals surface area contributed by atoms with Gasteiger partial charge in [0, 0.05) is 16.8 Å². The van der Waals surface area contributed by atoms with Crippen molar-refractivity contribution in [3.8, 4) is 0 Å². The lowest BCUT2D eigenvalue weighted by Gasteiger charge is -2.13. The van der Waals surface area contributed by atoms with Crippen LogP contribution in [0.3, 0.4) is 0 Å². The number of amides is 2. The zero-order valence-electron chi connectivity index (χ0n) is 16.2. The smallest absolute Gasteiger partial charge is 0.322 e. The van der Waals surface area contributed by atoms with E-state index < -0.39 is 40.9 Å². The van der Waals surface area contributed by atoms with Crippen molar-refractivity contribution in [3.63, 3.8) is 0 Å². The average Bonchev–Trinajstić information content (AvgIpc) is 3.24. The summed E-state index contributed by atoms with van der Waals surface area (Å²) in [5.41, 5.74) is -3.07. The molecule has 1 aromatic heterocycles. The van der Waals surface area contributed by atoms with E-state index in [0.29, 0.717) is 12.1 Å². The van der Waals surface area contributed by atoms with Crippen LogP contribution in [0.2, 0.25) is 0 Å². The second-order valence-electron chi connectivity index (χ2n) is 6.45. The van der Waals surface area contributed by atoms with Gasteiger partial charge in [-0.2, -0.15) is 26.3 Å². The number of benzene rings is 2. The Morgan fingerprint density at radius 2 is 1.30 bits per heavy atom. The number of nitrogens with one attached hydrogen (secondary N) is 2. The Bertz CT molecular complexity index is 1120. The van der Waals surface area contributed by atoms with Crippen LogP contribution in [0.5, 0.6) is 0 Å². The molecule has 2 aromatic carbocycles. The number of nitrogens with zero attached hydrogens (tertiary/aromatic N) is 2. The van der Waals surface area contributed by atoms with Gasteiger partial charge in [-0.3, -0.25) is 9.59 Å². The highest BCUT2D eigenvalue weighted by Gasteiger charge is 2.32. The van der Waals surface area contributed by atoms with Crippen molar-refractivity contribution in [2.45, 2.75) is 12.4 Å². The van der Waals surface area contributed by atoms with Crippen molar-refractivity contribution in [1.82, 2.24) is 9.59 Å². The fraction of sp³-hybridized carbons (Fsp3) is 0.100. The predicted molar refractivity (Wildman–Crippen MR) is 108 cm³/mol. The molecule has 0 fully saturated rings. The fourth-order valence-corrected chi connectivity index (χ4v) is 2.97. The summed E-state index contributed by atoms with van der Waals surface area (Å²) in [6, 6.07) is 7.43. The molecule has 0 radical (unpaired) electrons. The van der Waals surface area contributed by atoms with E-state index in [2.05, 4.69) is 20.2 Å². The van der Waals surface area contributed by atoms with Crippen LogP contribution in [0.25, 0.3) is 6.08 Å². The van der Waals surface area contributed by atoms with Crippen LogP contribution in [0.1, 0.15) is 16.8 Å². The molecule has 0 atom stereocenters. The summed E-state index contributed by atoms with van der Waals surface area (Å²) >= 11 is 0.903. The SMILES string of the molecule is O=C(Nc1cccc(C(F)(F)F)c1)C(=Cc1csnn1)C(=O)Nc1cccc(C(F)(F)F)c1. The lowest BCUT2D eigenvalue weighted by molar-refractivity contribution is -0.138. The molecule has 0 saturated heterocycles. The van der Waals surface area contributed by atoms with E-state index in [1.165, 1.54) is 17.5 Å². The van der Waals surface area contributed by atoms with Crippen LogP contribution in [0, 0.1) is 0 Å². The van der Waals surface area contributed by atoms with Gasteiger partial charge in [0.15, 0.2) is 0 Å². The first kappa shape index (κ1) is 23.9. The van der Waals surface area contributed by atoms with E-state index in [1.54, 1.807) is 0 Å². The summed E-state index contributed by atoms with van der Waals surface area (Å²) < 4.78 is 81.1. The molecule has 0 aliphatic carbocycles. The molecule has 3 rings (SSSR count). The standard InChI is InChI=1S/C20H12F6N4O2S/c21-19(22,23)11-3-1-5-13(7-11)27-17(31)16(9-15-10-33-30-29-15)18(32)28-14-6-2-4-12(8-14)20(24,25)26/h1-10H,(H,27,31)(H,28,32). The number of rotatable bonds is 5. The number of alkyl halides is 6. The van der Waals surface area contributed by atoms with Gasteiger partial charge in [0.25, 0.3) is 11.8 Å². The van der Waals surface area contributed by atoms with E-state index in [4.69, 9.17) is 0 Å². The number of carbonyl (C=O) groups is 2. The zero-order chi connectivity index (χ0) is 24.2. The van der Waals surface area contributed by atoms with E-state index >= 15 is 0 Å². The number of hydrogen-bond donors (Lipinski definition) is 2. The summed E-state index contributed by atoms with van der Waals surface area (Å²) in [4.78, 5) is 25.4. The van der Waals surface area contributed by atoms with Gasteiger partial charge in [0.2, 0.25) is 0 Å². The lowest BCUT2D eigenvalue weighted by Crippen LogP contribution is -2.25. The minimum Gasteiger partial charge on any atom is -0.322 e. The molecular weight excluding hydrogens is 474 g/mol. The quantitative estimate of drug-likeness (QED) is 0.224. The highest BCUT2D eigenvalue weighted by Crippen LogP contribution is 2.32. The summed E-state index contributed by atoms with van der Waals surface area (Å²) in [6.45, 7) is 0. The van der Waals surface area contributed by atoms with Crippen molar-refractivity contribution in [3.05, 3.63) is 76.3 Å². The maximum Gasteiger partial charge on any atom is 0.416 e. The molecule has 1 heterocycles. The maximum absolute atomic E-state index is 12.9. The Balaban J connectivity index is 1.88. The third kappa shape index (κ3) is 6.38. The van der Waals surface area contributed by atoms with Gasteiger partial charge in [0.05, 0.1) is 16.8 Å². The molecule has 0 spiro atoms. The highest BCUT2D eigenvalue weighted by atomic mass is 32.1. The summed E-state index contributed by atoms with van der Waals surface area (Å²) in [5.74, 6) is -2.21. The maximum atomic E-state index is 12.9. The van der Waals surface area contributed by atoms with E-state index in [1.807, 2.05) is 0 Å². The summed E-state index contributed by atoms with van der Waals surface area (Å²) in [5, 5.41) is 9.40. The molecule has 0 aliphatic heterocycles. The molecule has 0 aliphatic rings. The first-order valence-corrected chi connectivity index (χ1v) is 9.73. The fourth-order valence-electron chi connectivity index (χ4n) is 2.56. The molecule has 172 valence electrons. The monoisotopic (exact) mass is 486 g/mol. The zero-order valence-corrected chi connectivity index (χ0v) is 17.0. The van der Waals surface area contributed by atoms with Crippen molar-refractivity contribution in [1.29, 1.82) is 0 Å². The van der Waals surface area contributed by atoms with Gasteiger partial charge in [-0.1, -0.05) is 16.6 Å². The average molecular weight is 486 g/mol. The van der Waals surface area contributed by atoms with Gasteiger partial charge in [0.1, 0.15) is 5.57 Å². The molecule has 6 nitrogen and oxygen atoms in total. The second kappa shape index (κ2) is 9.40.